The van der Waals surface area contributed by atoms with Crippen molar-refractivity contribution in [3.8, 4) is 11.1 Å². The number of nitrogens with two attached hydrogens (primary N) is 1. The monoisotopic (exact) mass is 416 g/mol. The predicted molar refractivity (Wildman–Crippen MR) is 109 cm³/mol. The highest BCUT2D eigenvalue weighted by molar-refractivity contribution is 7.18. The number of benzene rings is 1. The van der Waals surface area contributed by atoms with Crippen LogP contribution in [-0.2, 0) is 11.0 Å². The molecule has 4 N–H and O–H groups in total. The smallest absolute Gasteiger partial charge is 0.383 e. The number of hydrogen-bond donors (Lipinski definition) is 3. The molecular formula is C20H15F3N4OS. The fraction of sp³-hybridized carbons (Fsp3) is 0.100. The standard InChI is InChI=1S/C20H15F3N4OS/c1-25-16(28)5-3-11-8-26-19(24)17-13(9-29-18(11)17)10-2-4-14-12(6-10)7-15(27-14)20(21,22)23/h2-9,27H,1H3,(H2,24,26)(H,25,28)/b5-3+. The van der Waals surface area contributed by atoms with Crippen LogP contribution < -0.4 is 11.1 Å². The van der Waals surface area contributed by atoms with Gasteiger partial charge < -0.3 is 16.0 Å². The third-order valence-corrected chi connectivity index (χ3v) is 5.58. The third kappa shape index (κ3) is 3.44. The second kappa shape index (κ2) is 6.93. The Morgan fingerprint density at radius 1 is 1.31 bits per heavy atom. The van der Waals surface area contributed by atoms with Crippen LogP contribution in [0.4, 0.5) is 19.0 Å². The number of likely N-dealkylation sites (N-methyl/N-ethyl adjacent to an activating group) is 1. The minimum absolute atomic E-state index is 0.245. The van der Waals surface area contributed by atoms with Gasteiger partial charge >= 0.3 is 6.18 Å². The maximum absolute atomic E-state index is 13.0. The molecule has 0 aliphatic carbocycles. The Morgan fingerprint density at radius 3 is 2.83 bits per heavy atom. The van der Waals surface area contributed by atoms with E-state index in [4.69, 9.17) is 5.73 Å². The summed E-state index contributed by atoms with van der Waals surface area (Å²) >= 11 is 1.43. The van der Waals surface area contributed by atoms with E-state index < -0.39 is 11.9 Å². The van der Waals surface area contributed by atoms with Gasteiger partial charge in [-0.1, -0.05) is 6.07 Å². The van der Waals surface area contributed by atoms with Crippen LogP contribution in [0.2, 0.25) is 0 Å². The lowest BCUT2D eigenvalue weighted by Gasteiger charge is -2.04. The molecule has 148 valence electrons. The number of rotatable bonds is 3. The largest absolute Gasteiger partial charge is 0.431 e. The number of aromatic nitrogens is 2. The lowest BCUT2D eigenvalue weighted by Crippen LogP contribution is -2.13. The quantitative estimate of drug-likeness (QED) is 0.419. The van der Waals surface area contributed by atoms with E-state index in [1.807, 2.05) is 5.38 Å². The number of pyridine rings is 1. The van der Waals surface area contributed by atoms with Gasteiger partial charge in [-0.25, -0.2) is 4.98 Å². The first kappa shape index (κ1) is 19.0. The number of nitrogens with one attached hydrogen (secondary N) is 2. The molecule has 0 aliphatic rings. The summed E-state index contributed by atoms with van der Waals surface area (Å²) in [6, 6.07) is 6.14. The third-order valence-electron chi connectivity index (χ3n) is 4.55. The molecular weight excluding hydrogens is 401 g/mol. The number of nitrogen functional groups attached to an aromatic ring is 1. The van der Waals surface area contributed by atoms with Gasteiger partial charge in [0.1, 0.15) is 11.5 Å². The topological polar surface area (TPSA) is 83.8 Å². The van der Waals surface area contributed by atoms with Crippen LogP contribution in [0.1, 0.15) is 11.3 Å². The molecule has 4 rings (SSSR count). The average molecular weight is 416 g/mol. The summed E-state index contributed by atoms with van der Waals surface area (Å²) in [5, 5.41) is 5.56. The Morgan fingerprint density at radius 2 is 2.10 bits per heavy atom. The van der Waals surface area contributed by atoms with Crippen LogP contribution in [0.3, 0.4) is 0 Å². The van der Waals surface area contributed by atoms with Gasteiger partial charge in [-0.15, -0.1) is 11.3 Å². The Bertz CT molecular complexity index is 1270. The second-order valence-electron chi connectivity index (χ2n) is 6.38. The van der Waals surface area contributed by atoms with E-state index in [1.165, 1.54) is 24.5 Å². The molecule has 3 aromatic heterocycles. The van der Waals surface area contributed by atoms with Gasteiger partial charge in [-0.2, -0.15) is 13.2 Å². The molecule has 0 radical (unpaired) electrons. The number of carbonyl (C=O) groups is 1. The van der Waals surface area contributed by atoms with Gasteiger partial charge in [-0.3, -0.25) is 4.79 Å². The number of amides is 1. The summed E-state index contributed by atoms with van der Waals surface area (Å²) in [6.45, 7) is 0. The van der Waals surface area contributed by atoms with E-state index >= 15 is 0 Å². The van der Waals surface area contributed by atoms with E-state index in [0.29, 0.717) is 22.1 Å². The number of fused-ring (bicyclic) bond motifs is 2. The Labute approximate surface area is 167 Å². The van der Waals surface area contributed by atoms with Crippen LogP contribution in [0.25, 0.3) is 38.2 Å². The molecule has 5 nitrogen and oxygen atoms in total. The van der Waals surface area contributed by atoms with Gasteiger partial charge in [0.05, 0.1) is 0 Å². The van der Waals surface area contributed by atoms with Gasteiger partial charge in [0.15, 0.2) is 0 Å². The molecule has 0 spiro atoms. The minimum atomic E-state index is -4.44. The second-order valence-corrected chi connectivity index (χ2v) is 7.26. The van der Waals surface area contributed by atoms with Gasteiger partial charge in [0.2, 0.25) is 5.91 Å². The highest BCUT2D eigenvalue weighted by Crippen LogP contribution is 2.40. The molecule has 0 saturated carbocycles. The zero-order valence-electron chi connectivity index (χ0n) is 15.1. The molecule has 0 fully saturated rings. The van der Waals surface area contributed by atoms with Crippen molar-refractivity contribution >= 4 is 50.1 Å². The maximum Gasteiger partial charge on any atom is 0.431 e. The van der Waals surface area contributed by atoms with Crippen molar-refractivity contribution in [2.75, 3.05) is 12.8 Å². The molecule has 1 amide bonds. The summed E-state index contributed by atoms with van der Waals surface area (Å²) < 4.78 is 39.8. The van der Waals surface area contributed by atoms with Crippen LogP contribution in [0.15, 0.2) is 41.9 Å². The van der Waals surface area contributed by atoms with Gasteiger partial charge in [0.25, 0.3) is 0 Å². The van der Waals surface area contributed by atoms with Crippen LogP contribution >= 0.6 is 11.3 Å². The molecule has 29 heavy (non-hydrogen) atoms. The fourth-order valence-electron chi connectivity index (χ4n) is 3.12. The van der Waals surface area contributed by atoms with E-state index in [9.17, 15) is 18.0 Å². The number of aromatic amines is 1. The molecule has 0 bridgehead atoms. The highest BCUT2D eigenvalue weighted by atomic mass is 32.1. The number of H-pyrrole nitrogens is 1. The lowest BCUT2D eigenvalue weighted by atomic mass is 10.0. The summed E-state index contributed by atoms with van der Waals surface area (Å²) in [7, 11) is 1.54. The summed E-state index contributed by atoms with van der Waals surface area (Å²) in [5.74, 6) is 0.0728. The van der Waals surface area contributed by atoms with E-state index in [2.05, 4.69) is 15.3 Å². The van der Waals surface area contributed by atoms with Crippen molar-refractivity contribution in [2.45, 2.75) is 6.18 Å². The minimum Gasteiger partial charge on any atom is -0.383 e. The molecule has 0 unspecified atom stereocenters. The van der Waals surface area contributed by atoms with Crippen molar-refractivity contribution in [1.29, 1.82) is 0 Å². The van der Waals surface area contributed by atoms with Crippen LogP contribution in [0, 0.1) is 0 Å². The lowest BCUT2D eigenvalue weighted by molar-refractivity contribution is -0.140. The van der Waals surface area contributed by atoms with E-state index in [1.54, 1.807) is 30.5 Å². The van der Waals surface area contributed by atoms with Gasteiger partial charge in [0, 0.05) is 51.4 Å². The van der Waals surface area contributed by atoms with Crippen molar-refractivity contribution in [2.24, 2.45) is 0 Å². The average Bonchev–Trinajstić information content (AvgIpc) is 3.31. The maximum atomic E-state index is 13.0. The first-order valence-electron chi connectivity index (χ1n) is 8.53. The number of alkyl halides is 3. The summed E-state index contributed by atoms with van der Waals surface area (Å²) in [5.41, 5.74) is 7.96. The van der Waals surface area contributed by atoms with E-state index in [-0.39, 0.29) is 5.91 Å². The zero-order chi connectivity index (χ0) is 20.8. The summed E-state index contributed by atoms with van der Waals surface area (Å²) in [4.78, 5) is 18.1. The number of thiophene rings is 1. The number of halogens is 3. The molecule has 4 aromatic rings. The molecule has 9 heteroatoms. The number of carbonyl (C=O) groups excluding carboxylic acids is 1. The van der Waals surface area contributed by atoms with Crippen molar-refractivity contribution in [3.63, 3.8) is 0 Å². The molecule has 1 aromatic carbocycles. The normalized spacial score (nSPS) is 12.3. The van der Waals surface area contributed by atoms with Crippen LogP contribution in [0.5, 0.6) is 0 Å². The summed E-state index contributed by atoms with van der Waals surface area (Å²) in [6.07, 6.45) is 0.201. The van der Waals surface area contributed by atoms with Gasteiger partial charge in [-0.05, 0) is 35.2 Å². The first-order valence-corrected chi connectivity index (χ1v) is 9.41. The zero-order valence-corrected chi connectivity index (χ0v) is 15.9. The molecule has 0 saturated heterocycles. The Balaban J connectivity index is 1.84. The van der Waals surface area contributed by atoms with Crippen molar-refractivity contribution in [3.05, 3.63) is 53.2 Å². The fourth-order valence-corrected chi connectivity index (χ4v) is 4.20. The highest BCUT2D eigenvalue weighted by Gasteiger charge is 2.32. The van der Waals surface area contributed by atoms with Crippen LogP contribution in [-0.4, -0.2) is 22.9 Å². The van der Waals surface area contributed by atoms with Crippen molar-refractivity contribution in [1.82, 2.24) is 15.3 Å². The molecule has 0 atom stereocenters. The predicted octanol–water partition coefficient (Wildman–Crippen LogP) is 4.80. The number of nitrogens with zero attached hydrogens (tertiary/aromatic N) is 1. The van der Waals surface area contributed by atoms with E-state index in [0.717, 1.165) is 27.5 Å². The Hall–Kier alpha value is -3.33. The number of hydrogen-bond acceptors (Lipinski definition) is 4. The number of anilines is 1. The van der Waals surface area contributed by atoms with Crippen molar-refractivity contribution < 1.29 is 18.0 Å². The molecule has 3 heterocycles. The molecule has 0 aliphatic heterocycles. The first-order chi connectivity index (χ1) is 13.8. The SMILES string of the molecule is CNC(=O)/C=C/c1cnc(N)c2c(-c3ccc4[nH]c(C(F)(F)F)cc4c3)csc12. The Kier molecular flexibility index (Phi) is 4.54.